The van der Waals surface area contributed by atoms with Gasteiger partial charge in [-0.3, -0.25) is 4.79 Å². The van der Waals surface area contributed by atoms with E-state index < -0.39 is 5.51 Å². The highest BCUT2D eigenvalue weighted by atomic mass is 32.2. The summed E-state index contributed by atoms with van der Waals surface area (Å²) in [5, 5.41) is 5.03. The van der Waals surface area contributed by atoms with Crippen molar-refractivity contribution in [2.75, 3.05) is 18.9 Å². The molecule has 0 radical (unpaired) electrons. The number of para-hydroxylation sites is 1. The van der Waals surface area contributed by atoms with Crippen LogP contribution in [-0.2, 0) is 4.79 Å². The van der Waals surface area contributed by atoms with Gasteiger partial charge in [-0.15, -0.1) is 0 Å². The number of halogens is 3. The zero-order valence-corrected chi connectivity index (χ0v) is 9.78. The molecule has 0 saturated heterocycles. The normalized spacial score (nSPS) is 11.3. The Labute approximate surface area is 101 Å². The van der Waals surface area contributed by atoms with Crippen molar-refractivity contribution in [3.63, 3.8) is 0 Å². The van der Waals surface area contributed by atoms with Crippen LogP contribution in [0.5, 0.6) is 0 Å². The molecule has 0 spiro atoms. The lowest BCUT2D eigenvalue weighted by atomic mass is 10.3. The van der Waals surface area contributed by atoms with Crippen LogP contribution < -0.4 is 10.6 Å². The van der Waals surface area contributed by atoms with Crippen molar-refractivity contribution in [2.45, 2.75) is 10.4 Å². The van der Waals surface area contributed by atoms with E-state index in [1.54, 1.807) is 13.1 Å². The van der Waals surface area contributed by atoms with E-state index in [-0.39, 0.29) is 34.8 Å². The molecule has 0 fully saturated rings. The minimum atomic E-state index is -4.37. The molecule has 2 N–H and O–H groups in total. The summed E-state index contributed by atoms with van der Waals surface area (Å²) in [6.07, 6.45) is 0. The van der Waals surface area contributed by atoms with Gasteiger partial charge >= 0.3 is 5.51 Å². The topological polar surface area (TPSA) is 41.1 Å². The molecule has 17 heavy (non-hydrogen) atoms. The Kier molecular flexibility index (Phi) is 4.83. The fourth-order valence-electron chi connectivity index (χ4n) is 1.14. The summed E-state index contributed by atoms with van der Waals surface area (Å²) in [5.41, 5.74) is -4.21. The van der Waals surface area contributed by atoms with Crippen molar-refractivity contribution in [2.24, 2.45) is 0 Å². The first kappa shape index (κ1) is 13.9. The van der Waals surface area contributed by atoms with Crippen LogP contribution in [-0.4, -0.2) is 25.0 Å². The van der Waals surface area contributed by atoms with E-state index in [1.807, 2.05) is 0 Å². The van der Waals surface area contributed by atoms with Crippen LogP contribution in [0.2, 0.25) is 0 Å². The smallest absolute Gasteiger partial charge is 0.324 e. The Hall–Kier alpha value is -1.21. The Morgan fingerprint density at radius 3 is 2.59 bits per heavy atom. The number of alkyl halides is 3. The number of anilines is 1. The van der Waals surface area contributed by atoms with E-state index in [9.17, 15) is 18.0 Å². The van der Waals surface area contributed by atoms with E-state index in [1.165, 1.54) is 18.2 Å². The first-order valence-corrected chi connectivity index (χ1v) is 5.53. The fraction of sp³-hybridized carbons (Fsp3) is 0.300. The van der Waals surface area contributed by atoms with Crippen molar-refractivity contribution in [3.8, 4) is 0 Å². The van der Waals surface area contributed by atoms with Crippen molar-refractivity contribution < 1.29 is 18.0 Å². The van der Waals surface area contributed by atoms with Gasteiger partial charge in [-0.1, -0.05) is 12.1 Å². The lowest BCUT2D eigenvalue weighted by Crippen LogP contribution is -2.25. The molecule has 1 aromatic carbocycles. The molecule has 0 unspecified atom stereocenters. The van der Waals surface area contributed by atoms with Gasteiger partial charge < -0.3 is 10.6 Å². The standard InChI is InChI=1S/C10H11F3N2OS/c1-14-6-9(16)15-7-4-2-3-5-8(7)17-10(11,12)13/h2-5,14H,6H2,1H3,(H,15,16). The van der Waals surface area contributed by atoms with Crippen LogP contribution >= 0.6 is 11.8 Å². The second-order valence-electron chi connectivity index (χ2n) is 3.12. The number of amides is 1. The molecule has 0 aliphatic carbocycles. The third-order valence-electron chi connectivity index (χ3n) is 1.72. The Morgan fingerprint density at radius 1 is 1.35 bits per heavy atom. The first-order chi connectivity index (χ1) is 7.92. The molecule has 1 aromatic rings. The zero-order valence-electron chi connectivity index (χ0n) is 8.97. The molecule has 1 amide bonds. The lowest BCUT2D eigenvalue weighted by molar-refractivity contribution is -0.115. The molecule has 0 aliphatic rings. The maximum Gasteiger partial charge on any atom is 0.446 e. The summed E-state index contributed by atoms with van der Waals surface area (Å²) < 4.78 is 36.7. The zero-order chi connectivity index (χ0) is 12.9. The van der Waals surface area contributed by atoms with Crippen LogP contribution in [0.4, 0.5) is 18.9 Å². The molecule has 3 nitrogen and oxygen atoms in total. The van der Waals surface area contributed by atoms with E-state index >= 15 is 0 Å². The number of hydrogen-bond donors (Lipinski definition) is 2. The number of hydrogen-bond acceptors (Lipinski definition) is 3. The largest absolute Gasteiger partial charge is 0.446 e. The van der Waals surface area contributed by atoms with Gasteiger partial charge in [0.05, 0.1) is 12.2 Å². The minimum Gasteiger partial charge on any atom is -0.324 e. The van der Waals surface area contributed by atoms with Crippen LogP contribution in [0.15, 0.2) is 29.2 Å². The number of carbonyl (C=O) groups is 1. The molecular weight excluding hydrogens is 253 g/mol. The highest BCUT2D eigenvalue weighted by molar-refractivity contribution is 8.00. The number of nitrogens with one attached hydrogen (secondary N) is 2. The van der Waals surface area contributed by atoms with Crippen LogP contribution in [0.25, 0.3) is 0 Å². The minimum absolute atomic E-state index is 0.0237. The van der Waals surface area contributed by atoms with E-state index in [4.69, 9.17) is 0 Å². The molecule has 1 rings (SSSR count). The average Bonchev–Trinajstić information content (AvgIpc) is 2.19. The van der Waals surface area contributed by atoms with Crippen molar-refractivity contribution in [3.05, 3.63) is 24.3 Å². The molecular formula is C10H11F3N2OS. The molecule has 0 heterocycles. The number of carbonyl (C=O) groups excluding carboxylic acids is 1. The van der Waals surface area contributed by atoms with Gasteiger partial charge in [0.1, 0.15) is 0 Å². The molecule has 94 valence electrons. The number of benzene rings is 1. The van der Waals surface area contributed by atoms with E-state index in [0.29, 0.717) is 0 Å². The van der Waals surface area contributed by atoms with Gasteiger partial charge in [0.25, 0.3) is 0 Å². The lowest BCUT2D eigenvalue weighted by Gasteiger charge is -2.11. The average molecular weight is 264 g/mol. The van der Waals surface area contributed by atoms with Crippen LogP contribution in [0.1, 0.15) is 0 Å². The molecule has 0 aliphatic heterocycles. The third-order valence-corrected chi connectivity index (χ3v) is 2.53. The summed E-state index contributed by atoms with van der Waals surface area (Å²) in [6.45, 7) is 0.0466. The Morgan fingerprint density at radius 2 is 2.00 bits per heavy atom. The molecule has 0 aromatic heterocycles. The summed E-state index contributed by atoms with van der Waals surface area (Å²) in [6, 6.07) is 5.80. The fourth-order valence-corrected chi connectivity index (χ4v) is 1.76. The maximum atomic E-state index is 12.2. The van der Waals surface area contributed by atoms with Crippen LogP contribution in [0.3, 0.4) is 0 Å². The first-order valence-electron chi connectivity index (χ1n) is 4.71. The highest BCUT2D eigenvalue weighted by Crippen LogP contribution is 2.40. The maximum absolute atomic E-state index is 12.2. The summed E-state index contributed by atoms with van der Waals surface area (Å²) in [5.74, 6) is -0.386. The van der Waals surface area contributed by atoms with Gasteiger partial charge in [-0.25, -0.2) is 0 Å². The Bertz CT molecular complexity index is 395. The van der Waals surface area contributed by atoms with Gasteiger partial charge in [-0.2, -0.15) is 13.2 Å². The van der Waals surface area contributed by atoms with E-state index in [2.05, 4.69) is 10.6 Å². The molecule has 0 saturated carbocycles. The summed E-state index contributed by atoms with van der Waals surface area (Å²) >= 11 is -0.248. The predicted octanol–water partition coefficient (Wildman–Crippen LogP) is 2.46. The Balaban J connectivity index is 2.81. The van der Waals surface area contributed by atoms with E-state index in [0.717, 1.165) is 0 Å². The number of thioether (sulfide) groups is 1. The van der Waals surface area contributed by atoms with Gasteiger partial charge in [-0.05, 0) is 30.9 Å². The molecule has 0 atom stereocenters. The van der Waals surface area contributed by atoms with Crippen LogP contribution in [0, 0.1) is 0 Å². The second-order valence-corrected chi connectivity index (χ2v) is 4.23. The SMILES string of the molecule is CNCC(=O)Nc1ccccc1SC(F)(F)F. The quantitative estimate of drug-likeness (QED) is 0.821. The highest BCUT2D eigenvalue weighted by Gasteiger charge is 2.30. The van der Waals surface area contributed by atoms with Crippen molar-refractivity contribution in [1.29, 1.82) is 0 Å². The summed E-state index contributed by atoms with van der Waals surface area (Å²) in [7, 11) is 1.58. The molecule has 0 bridgehead atoms. The number of likely N-dealkylation sites (N-methyl/N-ethyl adjacent to an activating group) is 1. The van der Waals surface area contributed by atoms with Gasteiger partial charge in [0.15, 0.2) is 0 Å². The monoisotopic (exact) mass is 264 g/mol. The second kappa shape index (κ2) is 5.92. The molecule has 7 heteroatoms. The van der Waals surface area contributed by atoms with Crippen molar-refractivity contribution in [1.82, 2.24) is 5.32 Å². The van der Waals surface area contributed by atoms with Crippen molar-refractivity contribution >= 4 is 23.4 Å². The number of rotatable bonds is 4. The van der Waals surface area contributed by atoms with Gasteiger partial charge in [0, 0.05) is 4.90 Å². The summed E-state index contributed by atoms with van der Waals surface area (Å²) in [4.78, 5) is 11.2. The van der Waals surface area contributed by atoms with Gasteiger partial charge in [0.2, 0.25) is 5.91 Å². The predicted molar refractivity (Wildman–Crippen MR) is 60.9 cm³/mol. The third kappa shape index (κ3) is 5.10.